The van der Waals surface area contributed by atoms with Crippen molar-refractivity contribution in [3.8, 4) is 5.75 Å². The van der Waals surface area contributed by atoms with Crippen LogP contribution >= 0.6 is 15.9 Å². The standard InChI is InChI=1S/C12H11BrF2N2O/c1-8-16-2-3-17(8)4-5-18-11-7-9(13)6-10(14)12(11)15/h2-3,6-7H,4-5H2,1H3. The molecular formula is C12H11BrF2N2O. The number of ether oxygens (including phenoxy) is 1. The minimum absolute atomic E-state index is 0.0976. The third-order valence-corrected chi connectivity index (χ3v) is 2.93. The molecule has 0 fully saturated rings. The Labute approximate surface area is 112 Å². The molecule has 18 heavy (non-hydrogen) atoms. The first kappa shape index (κ1) is 13.0. The summed E-state index contributed by atoms with van der Waals surface area (Å²) in [6.07, 6.45) is 3.48. The highest BCUT2D eigenvalue weighted by atomic mass is 79.9. The van der Waals surface area contributed by atoms with Crippen molar-refractivity contribution >= 4 is 15.9 Å². The van der Waals surface area contributed by atoms with Gasteiger partial charge in [0.1, 0.15) is 12.4 Å². The van der Waals surface area contributed by atoms with Gasteiger partial charge in [0.15, 0.2) is 11.6 Å². The Morgan fingerprint density at radius 3 is 2.83 bits per heavy atom. The molecule has 0 unspecified atom stereocenters. The summed E-state index contributed by atoms with van der Waals surface area (Å²) in [5.74, 6) is -1.15. The van der Waals surface area contributed by atoms with E-state index < -0.39 is 11.6 Å². The number of halogens is 3. The molecule has 0 aliphatic rings. The Kier molecular flexibility index (Phi) is 3.96. The zero-order valence-electron chi connectivity index (χ0n) is 9.66. The summed E-state index contributed by atoms with van der Waals surface area (Å²) < 4.78 is 34.0. The van der Waals surface area contributed by atoms with Crippen molar-refractivity contribution in [3.63, 3.8) is 0 Å². The smallest absolute Gasteiger partial charge is 0.200 e. The molecule has 0 N–H and O–H groups in total. The van der Waals surface area contributed by atoms with Crippen LogP contribution in [0.15, 0.2) is 29.0 Å². The second-order valence-corrected chi connectivity index (χ2v) is 4.63. The van der Waals surface area contributed by atoms with Crippen LogP contribution < -0.4 is 4.74 Å². The van der Waals surface area contributed by atoms with Crippen molar-refractivity contribution in [3.05, 3.63) is 46.5 Å². The molecule has 1 aromatic carbocycles. The van der Waals surface area contributed by atoms with Gasteiger partial charge in [-0.05, 0) is 19.1 Å². The highest BCUT2D eigenvalue weighted by Crippen LogP contribution is 2.25. The van der Waals surface area contributed by atoms with Gasteiger partial charge in [-0.2, -0.15) is 4.39 Å². The maximum Gasteiger partial charge on any atom is 0.200 e. The van der Waals surface area contributed by atoms with E-state index in [2.05, 4.69) is 20.9 Å². The molecular weight excluding hydrogens is 306 g/mol. The predicted octanol–water partition coefficient (Wildman–Crippen LogP) is 3.31. The summed E-state index contributed by atoms with van der Waals surface area (Å²) in [6.45, 7) is 2.63. The average molecular weight is 317 g/mol. The van der Waals surface area contributed by atoms with E-state index in [1.165, 1.54) is 6.07 Å². The second kappa shape index (κ2) is 5.48. The van der Waals surface area contributed by atoms with Crippen LogP contribution in [0.4, 0.5) is 8.78 Å². The van der Waals surface area contributed by atoms with Crippen molar-refractivity contribution in [2.75, 3.05) is 6.61 Å². The molecule has 96 valence electrons. The molecule has 2 aromatic rings. The van der Waals surface area contributed by atoms with Gasteiger partial charge in [0.2, 0.25) is 5.82 Å². The van der Waals surface area contributed by atoms with Crippen LogP contribution in [0.2, 0.25) is 0 Å². The molecule has 0 radical (unpaired) electrons. The first-order valence-electron chi connectivity index (χ1n) is 5.33. The lowest BCUT2D eigenvalue weighted by Crippen LogP contribution is -2.09. The van der Waals surface area contributed by atoms with E-state index in [1.54, 1.807) is 12.4 Å². The number of hydrogen-bond donors (Lipinski definition) is 0. The molecule has 0 aliphatic heterocycles. The minimum atomic E-state index is -0.972. The summed E-state index contributed by atoms with van der Waals surface area (Å²) in [4.78, 5) is 4.05. The molecule has 0 amide bonds. The SMILES string of the molecule is Cc1nccn1CCOc1cc(Br)cc(F)c1F. The molecule has 0 bridgehead atoms. The second-order valence-electron chi connectivity index (χ2n) is 3.72. The summed E-state index contributed by atoms with van der Waals surface area (Å²) in [5.41, 5.74) is 0. The topological polar surface area (TPSA) is 27.1 Å². The van der Waals surface area contributed by atoms with Crippen molar-refractivity contribution in [2.24, 2.45) is 0 Å². The van der Waals surface area contributed by atoms with Gasteiger partial charge in [-0.3, -0.25) is 0 Å². The van der Waals surface area contributed by atoms with Crippen LogP contribution in [0.25, 0.3) is 0 Å². The van der Waals surface area contributed by atoms with Crippen molar-refractivity contribution in [1.82, 2.24) is 9.55 Å². The van der Waals surface area contributed by atoms with Crippen LogP contribution in [0.1, 0.15) is 5.82 Å². The lowest BCUT2D eigenvalue weighted by atomic mass is 10.3. The number of imidazole rings is 1. The number of benzene rings is 1. The fourth-order valence-electron chi connectivity index (χ4n) is 1.53. The fourth-order valence-corrected chi connectivity index (χ4v) is 1.94. The summed E-state index contributed by atoms with van der Waals surface area (Å²) in [6, 6.07) is 2.46. The van der Waals surface area contributed by atoms with Crippen LogP contribution in [-0.4, -0.2) is 16.2 Å². The van der Waals surface area contributed by atoms with E-state index in [-0.39, 0.29) is 12.4 Å². The van der Waals surface area contributed by atoms with Gasteiger partial charge in [0.25, 0.3) is 0 Å². The molecule has 1 heterocycles. The Balaban J connectivity index is 2.01. The number of rotatable bonds is 4. The fraction of sp³-hybridized carbons (Fsp3) is 0.250. The zero-order chi connectivity index (χ0) is 13.1. The third-order valence-electron chi connectivity index (χ3n) is 2.47. The molecule has 0 saturated carbocycles. The maximum atomic E-state index is 13.4. The average Bonchev–Trinajstić information content (AvgIpc) is 2.71. The third kappa shape index (κ3) is 2.87. The molecule has 0 aliphatic carbocycles. The molecule has 0 atom stereocenters. The van der Waals surface area contributed by atoms with Crippen molar-refractivity contribution < 1.29 is 13.5 Å². The van der Waals surface area contributed by atoms with Gasteiger partial charge in [-0.15, -0.1) is 0 Å². The quantitative estimate of drug-likeness (QED) is 0.809. The maximum absolute atomic E-state index is 13.4. The van der Waals surface area contributed by atoms with Gasteiger partial charge in [0, 0.05) is 16.9 Å². The molecule has 0 spiro atoms. The lowest BCUT2D eigenvalue weighted by molar-refractivity contribution is 0.278. The highest BCUT2D eigenvalue weighted by molar-refractivity contribution is 9.10. The summed E-state index contributed by atoms with van der Waals surface area (Å²) in [7, 11) is 0. The molecule has 1 aromatic heterocycles. The monoisotopic (exact) mass is 316 g/mol. The van der Waals surface area contributed by atoms with Crippen LogP contribution in [0, 0.1) is 18.6 Å². The normalized spacial score (nSPS) is 10.7. The number of aryl methyl sites for hydroxylation is 1. The van der Waals surface area contributed by atoms with E-state index >= 15 is 0 Å². The molecule has 3 nitrogen and oxygen atoms in total. The summed E-state index contributed by atoms with van der Waals surface area (Å²) in [5, 5.41) is 0. The summed E-state index contributed by atoms with van der Waals surface area (Å²) >= 11 is 3.09. The van der Waals surface area contributed by atoms with Crippen LogP contribution in [0.5, 0.6) is 5.75 Å². The first-order valence-corrected chi connectivity index (χ1v) is 6.12. The number of aromatic nitrogens is 2. The van der Waals surface area contributed by atoms with E-state index in [0.717, 1.165) is 11.9 Å². The first-order chi connectivity index (χ1) is 8.58. The number of hydrogen-bond acceptors (Lipinski definition) is 2. The predicted molar refractivity (Wildman–Crippen MR) is 66.5 cm³/mol. The van der Waals surface area contributed by atoms with Crippen molar-refractivity contribution in [1.29, 1.82) is 0 Å². The number of nitrogens with zero attached hydrogens (tertiary/aromatic N) is 2. The van der Waals surface area contributed by atoms with Crippen molar-refractivity contribution in [2.45, 2.75) is 13.5 Å². The Morgan fingerprint density at radius 2 is 2.17 bits per heavy atom. The lowest BCUT2D eigenvalue weighted by Gasteiger charge is -2.09. The molecule has 2 rings (SSSR count). The zero-order valence-corrected chi connectivity index (χ0v) is 11.2. The van der Waals surface area contributed by atoms with Crippen LogP contribution in [0.3, 0.4) is 0 Å². The Hall–Kier alpha value is -1.43. The van der Waals surface area contributed by atoms with Crippen LogP contribution in [-0.2, 0) is 6.54 Å². The van der Waals surface area contributed by atoms with E-state index in [4.69, 9.17) is 4.74 Å². The van der Waals surface area contributed by atoms with Gasteiger partial charge >= 0.3 is 0 Å². The largest absolute Gasteiger partial charge is 0.488 e. The van der Waals surface area contributed by atoms with Gasteiger partial charge < -0.3 is 9.30 Å². The Morgan fingerprint density at radius 1 is 1.39 bits per heavy atom. The van der Waals surface area contributed by atoms with Gasteiger partial charge in [-0.1, -0.05) is 15.9 Å². The minimum Gasteiger partial charge on any atom is -0.488 e. The Bertz CT molecular complexity index is 557. The van der Waals surface area contributed by atoms with Gasteiger partial charge in [-0.25, -0.2) is 9.37 Å². The van der Waals surface area contributed by atoms with E-state index in [1.807, 2.05) is 11.5 Å². The molecule has 6 heteroatoms. The van der Waals surface area contributed by atoms with Gasteiger partial charge in [0.05, 0.1) is 6.54 Å². The van der Waals surface area contributed by atoms with E-state index in [9.17, 15) is 8.78 Å². The van der Waals surface area contributed by atoms with E-state index in [0.29, 0.717) is 11.0 Å². The molecule has 0 saturated heterocycles. The highest BCUT2D eigenvalue weighted by Gasteiger charge is 2.11.